The van der Waals surface area contributed by atoms with Crippen LogP contribution in [-0.2, 0) is 19.9 Å². The van der Waals surface area contributed by atoms with Crippen molar-refractivity contribution >= 4 is 19.9 Å². The number of nitrogens with zero attached hydrogens (tertiary/aromatic N) is 2. The Kier molecular flexibility index (Phi) is 4.41. The van der Waals surface area contributed by atoms with E-state index < -0.39 is 43.5 Å². The Bertz CT molecular complexity index is 700. The van der Waals surface area contributed by atoms with Crippen LogP contribution in [-0.4, -0.2) is 69.1 Å². The molecule has 0 bridgehead atoms. The number of sulfonamides is 1. The maximum Gasteiger partial charge on any atom is 0.256 e. The highest BCUT2D eigenvalue weighted by molar-refractivity contribution is 7.92. The number of rotatable bonds is 4. The first-order chi connectivity index (χ1) is 9.65. The summed E-state index contributed by atoms with van der Waals surface area (Å²) in [5.74, 6) is -0.815. The summed E-state index contributed by atoms with van der Waals surface area (Å²) in [5, 5.41) is 11.2. The van der Waals surface area contributed by atoms with E-state index in [0.717, 1.165) is 4.41 Å². The quantitative estimate of drug-likeness (QED) is 0.733. The van der Waals surface area contributed by atoms with E-state index in [1.807, 2.05) is 0 Å². The number of aliphatic hydroxyl groups is 1. The molecule has 1 fully saturated rings. The van der Waals surface area contributed by atoms with Crippen LogP contribution in [0.2, 0.25) is 0 Å². The zero-order chi connectivity index (χ0) is 15.8. The van der Waals surface area contributed by atoms with Gasteiger partial charge in [0.25, 0.3) is 10.0 Å². The van der Waals surface area contributed by atoms with E-state index in [1.165, 1.54) is 31.2 Å². The van der Waals surface area contributed by atoms with E-state index in [0.29, 0.717) is 0 Å². The summed E-state index contributed by atoms with van der Waals surface area (Å²) < 4.78 is 49.6. The molecule has 1 heterocycles. The van der Waals surface area contributed by atoms with Crippen LogP contribution in [0.15, 0.2) is 35.2 Å². The normalized spacial score (nSPS) is 25.6. The van der Waals surface area contributed by atoms with Crippen LogP contribution in [0.4, 0.5) is 0 Å². The second-order valence-electron chi connectivity index (χ2n) is 5.15. The summed E-state index contributed by atoms with van der Waals surface area (Å²) >= 11 is 0. The lowest BCUT2D eigenvalue weighted by molar-refractivity contribution is 0.0272. The Morgan fingerprint density at radius 1 is 1.14 bits per heavy atom. The molecule has 0 saturated carbocycles. The van der Waals surface area contributed by atoms with Gasteiger partial charge in [0.1, 0.15) is 0 Å². The van der Waals surface area contributed by atoms with Crippen molar-refractivity contribution in [3.63, 3.8) is 0 Å². The van der Waals surface area contributed by atoms with Gasteiger partial charge in [-0.15, -0.1) is 4.41 Å². The lowest BCUT2D eigenvalue weighted by Crippen LogP contribution is -2.53. The Labute approximate surface area is 124 Å². The van der Waals surface area contributed by atoms with Crippen molar-refractivity contribution in [1.82, 2.24) is 9.42 Å². The Hall–Kier alpha value is -1.00. The van der Waals surface area contributed by atoms with Gasteiger partial charge in [-0.3, -0.25) is 0 Å². The molecule has 2 atom stereocenters. The largest absolute Gasteiger partial charge is 0.390 e. The summed E-state index contributed by atoms with van der Waals surface area (Å²) in [4.78, 5) is 0.0511. The second kappa shape index (κ2) is 5.65. The number of hydrogen-bond acceptors (Lipinski definition) is 6. The zero-order valence-corrected chi connectivity index (χ0v) is 13.4. The molecule has 0 aromatic heterocycles. The standard InChI is InChI=1S/C12H18N2O5S2/c1-13(2)14(11-8-20(16,17)9-12(11)15)21(18,19)10-6-4-3-5-7-10/h3-7,11-12,15H,8-9H2,1-2H3/t11-,12+/m1/s1. The fourth-order valence-corrected chi connectivity index (χ4v) is 5.99. The molecule has 1 N–H and O–H groups in total. The third kappa shape index (κ3) is 3.27. The Balaban J connectivity index is 2.46. The molecule has 0 aliphatic carbocycles. The van der Waals surface area contributed by atoms with Crippen molar-refractivity contribution < 1.29 is 21.9 Å². The van der Waals surface area contributed by atoms with E-state index in [9.17, 15) is 21.9 Å². The van der Waals surface area contributed by atoms with Crippen LogP contribution in [0.25, 0.3) is 0 Å². The number of sulfone groups is 1. The van der Waals surface area contributed by atoms with Crippen molar-refractivity contribution in [3.8, 4) is 0 Å². The maximum absolute atomic E-state index is 12.7. The first-order valence-electron chi connectivity index (χ1n) is 6.30. The third-order valence-corrected chi connectivity index (χ3v) is 6.92. The molecule has 1 saturated heterocycles. The average Bonchev–Trinajstić information content (AvgIpc) is 2.63. The van der Waals surface area contributed by atoms with Gasteiger partial charge in [0.2, 0.25) is 0 Å². The van der Waals surface area contributed by atoms with Crippen LogP contribution in [0.5, 0.6) is 0 Å². The van der Waals surface area contributed by atoms with E-state index >= 15 is 0 Å². The third-order valence-electron chi connectivity index (χ3n) is 3.26. The number of aliphatic hydroxyl groups excluding tert-OH is 1. The van der Waals surface area contributed by atoms with E-state index in [4.69, 9.17) is 0 Å². The molecule has 1 aromatic carbocycles. The van der Waals surface area contributed by atoms with E-state index in [-0.39, 0.29) is 4.90 Å². The van der Waals surface area contributed by atoms with Crippen LogP contribution >= 0.6 is 0 Å². The van der Waals surface area contributed by atoms with Crippen LogP contribution < -0.4 is 0 Å². The molecule has 1 aromatic rings. The van der Waals surface area contributed by atoms with Crippen molar-refractivity contribution in [1.29, 1.82) is 0 Å². The SMILES string of the molecule is CN(C)N([C@@H]1CS(=O)(=O)C[C@@H]1O)S(=O)(=O)c1ccccc1. The highest BCUT2D eigenvalue weighted by Crippen LogP contribution is 2.25. The Morgan fingerprint density at radius 2 is 1.71 bits per heavy atom. The second-order valence-corrected chi connectivity index (χ2v) is 9.10. The predicted molar refractivity (Wildman–Crippen MR) is 77.6 cm³/mol. The predicted octanol–water partition coefficient (Wildman–Crippen LogP) is -0.688. The smallest absolute Gasteiger partial charge is 0.256 e. The minimum atomic E-state index is -3.93. The van der Waals surface area contributed by atoms with Gasteiger partial charge in [-0.05, 0) is 12.1 Å². The summed E-state index contributed by atoms with van der Waals surface area (Å²) in [6.07, 6.45) is -1.24. The summed E-state index contributed by atoms with van der Waals surface area (Å²) in [6.45, 7) is 0. The van der Waals surface area contributed by atoms with Gasteiger partial charge in [-0.2, -0.15) is 0 Å². The number of hydrazine groups is 1. The molecular weight excluding hydrogens is 316 g/mol. The van der Waals surface area contributed by atoms with Gasteiger partial charge in [0, 0.05) is 14.1 Å². The number of hydrogen-bond donors (Lipinski definition) is 1. The van der Waals surface area contributed by atoms with Gasteiger partial charge in [-0.25, -0.2) is 21.8 Å². The molecule has 1 aliphatic rings. The van der Waals surface area contributed by atoms with Crippen LogP contribution in [0.1, 0.15) is 0 Å². The lowest BCUT2D eigenvalue weighted by Gasteiger charge is -2.33. The maximum atomic E-state index is 12.7. The summed E-state index contributed by atoms with van der Waals surface area (Å²) in [6, 6.07) is 6.71. The molecular formula is C12H18N2O5S2. The Morgan fingerprint density at radius 3 is 2.14 bits per heavy atom. The van der Waals surface area contributed by atoms with Gasteiger partial charge in [0.15, 0.2) is 9.84 Å². The molecule has 1 aliphatic heterocycles. The van der Waals surface area contributed by atoms with Crippen LogP contribution in [0, 0.1) is 0 Å². The van der Waals surface area contributed by atoms with Crippen molar-refractivity contribution in [3.05, 3.63) is 30.3 Å². The monoisotopic (exact) mass is 334 g/mol. The minimum Gasteiger partial charge on any atom is -0.390 e. The lowest BCUT2D eigenvalue weighted by atomic mass is 10.2. The molecule has 9 heteroatoms. The zero-order valence-electron chi connectivity index (χ0n) is 11.7. The van der Waals surface area contributed by atoms with Gasteiger partial charge in [-0.1, -0.05) is 18.2 Å². The first-order valence-corrected chi connectivity index (χ1v) is 9.56. The molecule has 118 valence electrons. The topological polar surface area (TPSA) is 95.0 Å². The molecule has 0 spiro atoms. The van der Waals surface area contributed by atoms with Crippen LogP contribution in [0.3, 0.4) is 0 Å². The molecule has 21 heavy (non-hydrogen) atoms. The van der Waals surface area contributed by atoms with E-state index in [1.54, 1.807) is 18.2 Å². The summed E-state index contributed by atoms with van der Waals surface area (Å²) in [7, 11) is -4.38. The van der Waals surface area contributed by atoms with E-state index in [2.05, 4.69) is 0 Å². The molecule has 0 amide bonds. The van der Waals surface area contributed by atoms with Crippen molar-refractivity contribution in [2.24, 2.45) is 0 Å². The molecule has 2 rings (SSSR count). The molecule has 0 radical (unpaired) electrons. The van der Waals surface area contributed by atoms with Gasteiger partial charge in [0.05, 0.1) is 28.5 Å². The van der Waals surface area contributed by atoms with Crippen molar-refractivity contribution in [2.45, 2.75) is 17.0 Å². The van der Waals surface area contributed by atoms with Gasteiger partial charge >= 0.3 is 0 Å². The summed E-state index contributed by atoms with van der Waals surface area (Å²) in [5.41, 5.74) is 0. The minimum absolute atomic E-state index is 0.0511. The molecule has 7 nitrogen and oxygen atoms in total. The fourth-order valence-electron chi connectivity index (χ4n) is 2.41. The van der Waals surface area contributed by atoms with Crippen molar-refractivity contribution in [2.75, 3.05) is 25.6 Å². The highest BCUT2D eigenvalue weighted by Gasteiger charge is 2.45. The fraction of sp³-hybridized carbons (Fsp3) is 0.500. The average molecular weight is 334 g/mol. The number of benzene rings is 1. The highest BCUT2D eigenvalue weighted by atomic mass is 32.2. The molecule has 0 unspecified atom stereocenters. The first kappa shape index (κ1) is 16.4. The van der Waals surface area contributed by atoms with Gasteiger partial charge < -0.3 is 5.11 Å².